The highest BCUT2D eigenvalue weighted by molar-refractivity contribution is 9.10. The van der Waals surface area contributed by atoms with Gasteiger partial charge in [0.2, 0.25) is 0 Å². The Morgan fingerprint density at radius 2 is 2.05 bits per heavy atom. The summed E-state index contributed by atoms with van der Waals surface area (Å²) in [5, 5.41) is 9.10. The van der Waals surface area contributed by atoms with E-state index in [1.807, 2.05) is 6.07 Å². The van der Waals surface area contributed by atoms with Gasteiger partial charge in [-0.15, -0.1) is 0 Å². The van der Waals surface area contributed by atoms with Crippen molar-refractivity contribution in [3.63, 3.8) is 0 Å². The number of hydrogen-bond donors (Lipinski definition) is 1. The van der Waals surface area contributed by atoms with Gasteiger partial charge in [0.25, 0.3) is 0 Å². The van der Waals surface area contributed by atoms with Crippen LogP contribution in [0.3, 0.4) is 0 Å². The first-order valence-corrected chi connectivity index (χ1v) is 6.77. The molecule has 2 aromatic carbocycles. The lowest BCUT2D eigenvalue weighted by Crippen LogP contribution is -1.98. The van der Waals surface area contributed by atoms with E-state index in [2.05, 4.69) is 15.9 Å². The van der Waals surface area contributed by atoms with Crippen LogP contribution in [0.25, 0.3) is 0 Å². The van der Waals surface area contributed by atoms with E-state index in [1.54, 1.807) is 18.2 Å². The summed E-state index contributed by atoms with van der Waals surface area (Å²) >= 11 is 8.89. The molecule has 0 unspecified atom stereocenters. The lowest BCUT2D eigenvalue weighted by atomic mass is 10.1. The van der Waals surface area contributed by atoms with Gasteiger partial charge < -0.3 is 10.5 Å². The van der Waals surface area contributed by atoms with E-state index in [1.165, 1.54) is 6.07 Å². The lowest BCUT2D eigenvalue weighted by Gasteiger charge is -2.10. The predicted molar refractivity (Wildman–Crippen MR) is 78.2 cm³/mol. The number of halogens is 3. The van der Waals surface area contributed by atoms with Crippen LogP contribution in [-0.4, -0.2) is 0 Å². The largest absolute Gasteiger partial charge is 0.455 e. The molecule has 20 heavy (non-hydrogen) atoms. The molecule has 0 saturated carbocycles. The molecule has 0 bridgehead atoms. The van der Waals surface area contributed by atoms with Crippen molar-refractivity contribution in [2.45, 2.75) is 6.54 Å². The summed E-state index contributed by atoms with van der Waals surface area (Å²) in [5.41, 5.74) is 6.66. The maximum absolute atomic E-state index is 13.4. The average molecular weight is 356 g/mol. The average Bonchev–Trinajstić information content (AvgIpc) is 2.45. The molecule has 0 aromatic heterocycles. The fourth-order valence-electron chi connectivity index (χ4n) is 1.58. The van der Waals surface area contributed by atoms with Crippen molar-refractivity contribution in [2.24, 2.45) is 5.73 Å². The van der Waals surface area contributed by atoms with Crippen LogP contribution in [-0.2, 0) is 6.54 Å². The number of hydrogen-bond acceptors (Lipinski definition) is 3. The normalized spacial score (nSPS) is 10.2. The van der Waals surface area contributed by atoms with E-state index in [-0.39, 0.29) is 10.8 Å². The van der Waals surface area contributed by atoms with E-state index in [4.69, 9.17) is 27.3 Å². The topological polar surface area (TPSA) is 59.0 Å². The summed E-state index contributed by atoms with van der Waals surface area (Å²) in [5.74, 6) is -0.0297. The standard InChI is InChI=1S/C14H9BrClFN2O/c15-10-4-11(16)12(17)5-14(10)20-13-2-1-8(6-18)3-9(13)7-19/h1-5H,6,18H2. The van der Waals surface area contributed by atoms with E-state index in [9.17, 15) is 4.39 Å². The molecule has 0 radical (unpaired) electrons. The molecule has 102 valence electrons. The minimum Gasteiger partial charge on any atom is -0.455 e. The quantitative estimate of drug-likeness (QED) is 0.832. The number of ether oxygens (including phenoxy) is 1. The fraction of sp³-hybridized carbons (Fsp3) is 0.0714. The highest BCUT2D eigenvalue weighted by atomic mass is 79.9. The van der Waals surface area contributed by atoms with E-state index < -0.39 is 5.82 Å². The molecule has 2 N–H and O–H groups in total. The molecular formula is C14H9BrClFN2O. The number of benzene rings is 2. The molecule has 6 heteroatoms. The van der Waals surface area contributed by atoms with Crippen LogP contribution in [0.1, 0.15) is 11.1 Å². The molecular weight excluding hydrogens is 347 g/mol. The zero-order valence-corrected chi connectivity index (χ0v) is 12.5. The predicted octanol–water partition coefficient (Wildman–Crippen LogP) is 4.36. The first-order valence-electron chi connectivity index (χ1n) is 5.60. The van der Waals surface area contributed by atoms with Crippen LogP contribution in [0.4, 0.5) is 4.39 Å². The van der Waals surface area contributed by atoms with Crippen molar-refractivity contribution in [3.05, 3.63) is 56.8 Å². The van der Waals surface area contributed by atoms with Gasteiger partial charge in [-0.3, -0.25) is 0 Å². The summed E-state index contributed by atoms with van der Waals surface area (Å²) < 4.78 is 19.5. The van der Waals surface area contributed by atoms with Crippen molar-refractivity contribution in [2.75, 3.05) is 0 Å². The molecule has 0 saturated heterocycles. The van der Waals surface area contributed by atoms with Gasteiger partial charge >= 0.3 is 0 Å². The zero-order valence-electron chi connectivity index (χ0n) is 10.2. The third-order valence-corrected chi connectivity index (χ3v) is 3.50. The van der Waals surface area contributed by atoms with Gasteiger partial charge in [-0.2, -0.15) is 5.26 Å². The fourth-order valence-corrected chi connectivity index (χ4v) is 2.30. The zero-order chi connectivity index (χ0) is 14.7. The van der Waals surface area contributed by atoms with Gasteiger partial charge in [0.1, 0.15) is 23.4 Å². The van der Waals surface area contributed by atoms with Crippen molar-refractivity contribution >= 4 is 27.5 Å². The second-order valence-corrected chi connectivity index (χ2v) is 5.21. The Morgan fingerprint density at radius 1 is 1.30 bits per heavy atom. The highest BCUT2D eigenvalue weighted by Crippen LogP contribution is 2.35. The SMILES string of the molecule is N#Cc1cc(CN)ccc1Oc1cc(F)c(Cl)cc1Br. The van der Waals surface area contributed by atoms with Crippen LogP contribution in [0.5, 0.6) is 11.5 Å². The number of nitrogens with two attached hydrogens (primary N) is 1. The van der Waals surface area contributed by atoms with Gasteiger partial charge in [0.15, 0.2) is 0 Å². The monoisotopic (exact) mass is 354 g/mol. The van der Waals surface area contributed by atoms with Gasteiger partial charge in [0.05, 0.1) is 15.1 Å². The second kappa shape index (κ2) is 6.23. The third-order valence-electron chi connectivity index (χ3n) is 2.59. The molecule has 2 aromatic rings. The van der Waals surface area contributed by atoms with Crippen LogP contribution < -0.4 is 10.5 Å². The minimum atomic E-state index is -0.595. The van der Waals surface area contributed by atoms with Crippen LogP contribution in [0.2, 0.25) is 5.02 Å². The maximum atomic E-state index is 13.4. The van der Waals surface area contributed by atoms with E-state index >= 15 is 0 Å². The van der Waals surface area contributed by atoms with Gasteiger partial charge in [-0.05, 0) is 39.7 Å². The Kier molecular flexibility index (Phi) is 4.61. The van der Waals surface area contributed by atoms with Gasteiger partial charge in [-0.1, -0.05) is 17.7 Å². The summed E-state index contributed by atoms with van der Waals surface area (Å²) in [7, 11) is 0. The summed E-state index contributed by atoms with van der Waals surface area (Å²) in [6, 6.07) is 9.58. The third kappa shape index (κ3) is 3.10. The molecule has 0 fully saturated rings. The number of nitrogens with zero attached hydrogens (tertiary/aromatic N) is 1. The van der Waals surface area contributed by atoms with Crippen LogP contribution in [0.15, 0.2) is 34.8 Å². The van der Waals surface area contributed by atoms with Crippen molar-refractivity contribution in [1.82, 2.24) is 0 Å². The van der Waals surface area contributed by atoms with Crippen molar-refractivity contribution in [3.8, 4) is 17.6 Å². The smallest absolute Gasteiger partial charge is 0.145 e. The highest BCUT2D eigenvalue weighted by Gasteiger charge is 2.11. The Labute approximate surface area is 128 Å². The molecule has 0 amide bonds. The summed E-state index contributed by atoms with van der Waals surface area (Å²) in [4.78, 5) is 0. The molecule has 0 heterocycles. The molecule has 2 rings (SSSR count). The summed E-state index contributed by atoms with van der Waals surface area (Å²) in [6.07, 6.45) is 0. The molecule has 0 atom stereocenters. The first-order chi connectivity index (χ1) is 9.55. The Hall–Kier alpha value is -1.61. The molecule has 3 nitrogen and oxygen atoms in total. The first kappa shape index (κ1) is 14.8. The summed E-state index contributed by atoms with van der Waals surface area (Å²) in [6.45, 7) is 0.328. The molecule has 0 aliphatic heterocycles. The Balaban J connectivity index is 2.40. The van der Waals surface area contributed by atoms with Crippen molar-refractivity contribution in [1.29, 1.82) is 5.26 Å². The second-order valence-electron chi connectivity index (χ2n) is 3.95. The van der Waals surface area contributed by atoms with Crippen LogP contribution in [0, 0.1) is 17.1 Å². The van der Waals surface area contributed by atoms with Gasteiger partial charge in [-0.25, -0.2) is 4.39 Å². The van der Waals surface area contributed by atoms with Crippen molar-refractivity contribution < 1.29 is 9.13 Å². The maximum Gasteiger partial charge on any atom is 0.145 e. The molecule has 0 spiro atoms. The number of nitriles is 1. The Bertz CT molecular complexity index is 700. The molecule has 0 aliphatic carbocycles. The Morgan fingerprint density at radius 3 is 2.70 bits per heavy atom. The van der Waals surface area contributed by atoms with E-state index in [0.29, 0.717) is 22.3 Å². The molecule has 0 aliphatic rings. The minimum absolute atomic E-state index is 0.0109. The number of rotatable bonds is 3. The lowest BCUT2D eigenvalue weighted by molar-refractivity contribution is 0.472. The van der Waals surface area contributed by atoms with Gasteiger partial charge in [0, 0.05) is 12.6 Å². The van der Waals surface area contributed by atoms with Crippen LogP contribution >= 0.6 is 27.5 Å². The van der Waals surface area contributed by atoms with E-state index in [0.717, 1.165) is 11.6 Å².